The molecule has 2 aromatic rings. The molecule has 0 bridgehead atoms. The van der Waals surface area contributed by atoms with Crippen LogP contribution in [0.25, 0.3) is 0 Å². The first kappa shape index (κ1) is 17.0. The Bertz CT molecular complexity index is 775. The first-order valence-electron chi connectivity index (χ1n) is 8.04. The van der Waals surface area contributed by atoms with E-state index < -0.39 is 4.92 Å². The molecule has 0 aliphatic heterocycles. The van der Waals surface area contributed by atoms with Crippen LogP contribution in [0.3, 0.4) is 0 Å². The summed E-state index contributed by atoms with van der Waals surface area (Å²) in [7, 11) is 0. The van der Waals surface area contributed by atoms with Crippen molar-refractivity contribution in [2.45, 2.75) is 25.4 Å². The molecule has 0 aromatic heterocycles. The van der Waals surface area contributed by atoms with Crippen LogP contribution in [-0.4, -0.2) is 28.3 Å². The van der Waals surface area contributed by atoms with E-state index in [1.54, 1.807) is 18.2 Å². The maximum absolute atomic E-state index is 13.0. The zero-order valence-electron chi connectivity index (χ0n) is 13.5. The van der Waals surface area contributed by atoms with Crippen LogP contribution in [0.1, 0.15) is 18.4 Å². The van der Waals surface area contributed by atoms with Gasteiger partial charge in [-0.3, -0.25) is 19.8 Å². The van der Waals surface area contributed by atoms with Gasteiger partial charge in [-0.25, -0.2) is 4.39 Å². The van der Waals surface area contributed by atoms with Gasteiger partial charge < -0.3 is 5.32 Å². The molecule has 1 aliphatic carbocycles. The molecule has 130 valence electrons. The highest BCUT2D eigenvalue weighted by Gasteiger charge is 2.30. The fourth-order valence-electron chi connectivity index (χ4n) is 2.66. The average Bonchev–Trinajstić information content (AvgIpc) is 3.41. The molecule has 0 radical (unpaired) electrons. The maximum Gasteiger partial charge on any atom is 0.271 e. The minimum atomic E-state index is -0.499. The Morgan fingerprint density at radius 3 is 2.60 bits per heavy atom. The van der Waals surface area contributed by atoms with Gasteiger partial charge in [-0.2, -0.15) is 0 Å². The zero-order valence-corrected chi connectivity index (χ0v) is 13.5. The standard InChI is InChI=1S/C18H18FN3O3/c19-14-6-4-13(5-7-14)11-21(16-8-9-16)12-18(23)20-15-2-1-3-17(10-15)22(24)25/h1-7,10,16H,8-9,11-12H2,(H,20,23). The Labute approximate surface area is 144 Å². The molecule has 6 nitrogen and oxygen atoms in total. The topological polar surface area (TPSA) is 75.5 Å². The number of carbonyl (C=O) groups is 1. The second-order valence-corrected chi connectivity index (χ2v) is 6.12. The molecule has 1 fully saturated rings. The highest BCUT2D eigenvalue weighted by atomic mass is 19.1. The fourth-order valence-corrected chi connectivity index (χ4v) is 2.66. The minimum Gasteiger partial charge on any atom is -0.325 e. The lowest BCUT2D eigenvalue weighted by Crippen LogP contribution is -2.34. The average molecular weight is 343 g/mol. The number of non-ortho nitro benzene ring substituents is 1. The summed E-state index contributed by atoms with van der Waals surface area (Å²) in [6.45, 7) is 0.748. The number of hydrogen-bond donors (Lipinski definition) is 1. The Hall–Kier alpha value is -2.80. The lowest BCUT2D eigenvalue weighted by atomic mass is 10.2. The summed E-state index contributed by atoms with van der Waals surface area (Å²) in [5.74, 6) is -0.514. The molecule has 1 aliphatic rings. The largest absolute Gasteiger partial charge is 0.325 e. The summed E-state index contributed by atoms with van der Waals surface area (Å²) in [6.07, 6.45) is 2.07. The molecule has 7 heteroatoms. The van der Waals surface area contributed by atoms with Gasteiger partial charge in [-0.15, -0.1) is 0 Å². The summed E-state index contributed by atoms with van der Waals surface area (Å²) in [5, 5.41) is 13.5. The number of nitro groups is 1. The van der Waals surface area contributed by atoms with E-state index >= 15 is 0 Å². The van der Waals surface area contributed by atoms with Crippen LogP contribution in [0.2, 0.25) is 0 Å². The van der Waals surface area contributed by atoms with E-state index in [2.05, 4.69) is 5.32 Å². The highest BCUT2D eigenvalue weighted by Crippen LogP contribution is 2.28. The highest BCUT2D eigenvalue weighted by molar-refractivity contribution is 5.92. The van der Waals surface area contributed by atoms with E-state index in [-0.39, 0.29) is 24.0 Å². The number of rotatable bonds is 7. The van der Waals surface area contributed by atoms with E-state index in [4.69, 9.17) is 0 Å². The first-order chi connectivity index (χ1) is 12.0. The minimum absolute atomic E-state index is 0.0665. The van der Waals surface area contributed by atoms with Crippen molar-refractivity contribution in [2.24, 2.45) is 0 Å². The summed E-state index contributed by atoms with van der Waals surface area (Å²) >= 11 is 0. The number of carbonyl (C=O) groups excluding carboxylic acids is 1. The predicted molar refractivity (Wildman–Crippen MR) is 91.6 cm³/mol. The summed E-state index contributed by atoms with van der Waals surface area (Å²) in [6, 6.07) is 12.4. The van der Waals surface area contributed by atoms with Gasteiger partial charge in [0.05, 0.1) is 11.5 Å². The molecule has 0 unspecified atom stereocenters. The molecular formula is C18H18FN3O3. The van der Waals surface area contributed by atoms with Crippen LogP contribution >= 0.6 is 0 Å². The van der Waals surface area contributed by atoms with Gasteiger partial charge in [0, 0.05) is 30.4 Å². The van der Waals surface area contributed by atoms with Gasteiger partial charge >= 0.3 is 0 Å². The van der Waals surface area contributed by atoms with Gasteiger partial charge in [0.25, 0.3) is 5.69 Å². The van der Waals surface area contributed by atoms with Crippen LogP contribution in [0.4, 0.5) is 15.8 Å². The van der Waals surface area contributed by atoms with Crippen LogP contribution < -0.4 is 5.32 Å². The van der Waals surface area contributed by atoms with E-state index in [0.717, 1.165) is 18.4 Å². The fraction of sp³-hybridized carbons (Fsp3) is 0.278. The van der Waals surface area contributed by atoms with E-state index in [1.807, 2.05) is 4.90 Å². The Balaban J connectivity index is 1.62. The monoisotopic (exact) mass is 343 g/mol. The number of halogens is 1. The van der Waals surface area contributed by atoms with Gasteiger partial charge in [0.1, 0.15) is 5.82 Å². The van der Waals surface area contributed by atoms with Gasteiger partial charge in [0.2, 0.25) is 5.91 Å². The Kier molecular flexibility index (Phi) is 5.04. The van der Waals surface area contributed by atoms with E-state index in [9.17, 15) is 19.3 Å². The van der Waals surface area contributed by atoms with Crippen molar-refractivity contribution in [1.29, 1.82) is 0 Å². The number of hydrogen-bond acceptors (Lipinski definition) is 4. The smallest absolute Gasteiger partial charge is 0.271 e. The Morgan fingerprint density at radius 1 is 1.24 bits per heavy atom. The summed E-state index contributed by atoms with van der Waals surface area (Å²) in [4.78, 5) is 24.6. The second kappa shape index (κ2) is 7.40. The number of benzene rings is 2. The molecule has 0 saturated heterocycles. The number of nitrogens with one attached hydrogen (secondary N) is 1. The third-order valence-corrected chi connectivity index (χ3v) is 4.05. The lowest BCUT2D eigenvalue weighted by molar-refractivity contribution is -0.384. The van der Waals surface area contributed by atoms with E-state index in [1.165, 1.54) is 30.3 Å². The molecule has 0 heterocycles. The number of anilines is 1. The molecule has 1 amide bonds. The molecule has 3 rings (SSSR count). The molecule has 0 atom stereocenters. The van der Waals surface area contributed by atoms with Gasteiger partial charge in [-0.1, -0.05) is 18.2 Å². The van der Waals surface area contributed by atoms with Crippen molar-refractivity contribution < 1.29 is 14.1 Å². The molecule has 2 aromatic carbocycles. The van der Waals surface area contributed by atoms with E-state index in [0.29, 0.717) is 18.3 Å². The number of amides is 1. The quantitative estimate of drug-likeness (QED) is 0.618. The van der Waals surface area contributed by atoms with Crippen molar-refractivity contribution in [1.82, 2.24) is 4.90 Å². The van der Waals surface area contributed by atoms with Crippen LogP contribution in [0, 0.1) is 15.9 Å². The molecule has 0 spiro atoms. The molecule has 1 saturated carbocycles. The lowest BCUT2D eigenvalue weighted by Gasteiger charge is -2.21. The maximum atomic E-state index is 13.0. The Morgan fingerprint density at radius 2 is 1.96 bits per heavy atom. The van der Waals surface area contributed by atoms with Crippen molar-refractivity contribution in [3.8, 4) is 0 Å². The molecular weight excluding hydrogens is 325 g/mol. The van der Waals surface area contributed by atoms with Crippen molar-refractivity contribution in [3.63, 3.8) is 0 Å². The third kappa shape index (κ3) is 4.84. The van der Waals surface area contributed by atoms with Gasteiger partial charge in [-0.05, 0) is 36.6 Å². The number of nitrogens with zero attached hydrogens (tertiary/aromatic N) is 2. The molecule has 1 N–H and O–H groups in total. The van der Waals surface area contributed by atoms with Crippen molar-refractivity contribution in [2.75, 3.05) is 11.9 Å². The predicted octanol–water partition coefficient (Wildman–Crippen LogP) is 3.34. The van der Waals surface area contributed by atoms with Crippen LogP contribution in [-0.2, 0) is 11.3 Å². The zero-order chi connectivity index (χ0) is 17.8. The van der Waals surface area contributed by atoms with Crippen LogP contribution in [0.5, 0.6) is 0 Å². The first-order valence-corrected chi connectivity index (χ1v) is 8.04. The van der Waals surface area contributed by atoms with Crippen molar-refractivity contribution in [3.05, 3.63) is 70.0 Å². The summed E-state index contributed by atoms with van der Waals surface area (Å²) in [5.41, 5.74) is 1.27. The van der Waals surface area contributed by atoms with Crippen LogP contribution in [0.15, 0.2) is 48.5 Å². The third-order valence-electron chi connectivity index (χ3n) is 4.05. The summed E-state index contributed by atoms with van der Waals surface area (Å²) < 4.78 is 13.0. The number of nitro benzene ring substituents is 1. The van der Waals surface area contributed by atoms with Crippen molar-refractivity contribution >= 4 is 17.3 Å². The normalized spacial score (nSPS) is 13.7. The van der Waals surface area contributed by atoms with Gasteiger partial charge in [0.15, 0.2) is 0 Å². The molecule has 25 heavy (non-hydrogen) atoms. The SMILES string of the molecule is O=C(CN(Cc1ccc(F)cc1)C1CC1)Nc1cccc([N+](=O)[O-])c1. The second-order valence-electron chi connectivity index (χ2n) is 6.12.